The second kappa shape index (κ2) is 11.2. The average molecular weight is 727 g/mol. The van der Waals surface area contributed by atoms with Gasteiger partial charge in [0.25, 0.3) is 0 Å². The van der Waals surface area contributed by atoms with E-state index in [0.29, 0.717) is 0 Å². The van der Waals surface area contributed by atoms with Gasteiger partial charge in [-0.3, -0.25) is 4.55 Å². The van der Waals surface area contributed by atoms with E-state index in [1.807, 2.05) is 14.1 Å². The van der Waals surface area contributed by atoms with Crippen LogP contribution in [-0.2, 0) is 10.1 Å². The Balaban J connectivity index is 0. The first kappa shape index (κ1) is 43.3. The van der Waals surface area contributed by atoms with Crippen molar-refractivity contribution in [1.82, 2.24) is 5.32 Å². The van der Waals surface area contributed by atoms with E-state index >= 15 is 0 Å². The molecule has 0 radical (unpaired) electrons. The molecule has 0 saturated carbocycles. The van der Waals surface area contributed by atoms with Crippen LogP contribution in [0.1, 0.15) is 0 Å². The Bertz CT molecular complexity index is 1080. The standard InChI is InChI=1S/C12H2F24O3S.C2H7N/c13-1(14)2(15,16)3(17,18)4(19,20)5(21,22)6(23,24)7(25,26)8(27,28)9(29,30)10(31,32)11(33,34)12(35,36)40(37,38)39;1-3-2/h1H,(H,37,38,39);3H,1-2H3. The number of alkyl halides is 24. The Kier molecular flexibility index (Phi) is 11.3. The second-order valence-corrected chi connectivity index (χ2v) is 9.05. The third kappa shape index (κ3) is 5.50. The van der Waals surface area contributed by atoms with Crippen molar-refractivity contribution in [1.29, 1.82) is 0 Å². The molecule has 0 spiro atoms. The van der Waals surface area contributed by atoms with Crippen LogP contribution in [0.25, 0.3) is 0 Å². The van der Waals surface area contributed by atoms with E-state index in [4.69, 9.17) is 4.55 Å². The van der Waals surface area contributed by atoms with Crippen molar-refractivity contribution < 1.29 is 118 Å². The van der Waals surface area contributed by atoms with Gasteiger partial charge in [0, 0.05) is 0 Å². The minimum atomic E-state index is -9.65. The van der Waals surface area contributed by atoms with Gasteiger partial charge >= 0.3 is 81.0 Å². The van der Waals surface area contributed by atoms with Gasteiger partial charge in [-0.05, 0) is 14.1 Å². The predicted molar refractivity (Wildman–Crippen MR) is 87.0 cm³/mol. The number of hydrogen-bond donors (Lipinski definition) is 2. The van der Waals surface area contributed by atoms with E-state index in [9.17, 15) is 114 Å². The summed E-state index contributed by atoms with van der Waals surface area (Å²) in [5, 5.41) is -5.43. The highest BCUT2D eigenvalue weighted by Crippen LogP contribution is 2.67. The van der Waals surface area contributed by atoms with E-state index in [1.165, 1.54) is 0 Å². The molecule has 0 bridgehead atoms. The fourth-order valence-corrected chi connectivity index (χ4v) is 2.52. The first-order valence-electron chi connectivity index (χ1n) is 9.10. The molecule has 0 heterocycles. The molecule has 43 heavy (non-hydrogen) atoms. The second-order valence-electron chi connectivity index (χ2n) is 7.59. The van der Waals surface area contributed by atoms with Gasteiger partial charge in [-0.15, -0.1) is 0 Å². The number of rotatable bonds is 12. The molecule has 29 heteroatoms. The van der Waals surface area contributed by atoms with Crippen molar-refractivity contribution in [3.05, 3.63) is 0 Å². The van der Waals surface area contributed by atoms with Crippen LogP contribution in [0, 0.1) is 0 Å². The highest BCUT2D eigenvalue weighted by Gasteiger charge is 2.99. The van der Waals surface area contributed by atoms with E-state index < -0.39 is 81.0 Å². The molecular weight excluding hydrogens is 718 g/mol. The van der Waals surface area contributed by atoms with Crippen molar-refractivity contribution in [2.24, 2.45) is 0 Å². The maximum absolute atomic E-state index is 13.5. The molecular formula is C14H9F24NO3S. The molecule has 0 saturated heterocycles. The van der Waals surface area contributed by atoms with Gasteiger partial charge < -0.3 is 5.32 Å². The minimum absolute atomic E-state index is 1.88. The summed E-state index contributed by atoms with van der Waals surface area (Å²) < 4.78 is 343. The molecule has 0 aliphatic rings. The summed E-state index contributed by atoms with van der Waals surface area (Å²) in [4.78, 5) is 0. The smallest absolute Gasteiger partial charge is 0.323 e. The Morgan fingerprint density at radius 2 is 0.605 bits per heavy atom. The van der Waals surface area contributed by atoms with Crippen molar-refractivity contribution in [3.63, 3.8) is 0 Å². The van der Waals surface area contributed by atoms with Crippen LogP contribution in [0.15, 0.2) is 0 Å². The molecule has 0 atom stereocenters. The first-order chi connectivity index (χ1) is 18.1. The molecule has 262 valence electrons. The lowest BCUT2D eigenvalue weighted by Gasteiger charge is -2.45. The Morgan fingerprint density at radius 1 is 0.442 bits per heavy atom. The molecule has 0 aromatic rings. The highest BCUT2D eigenvalue weighted by atomic mass is 32.2. The zero-order chi connectivity index (χ0) is 36.3. The summed E-state index contributed by atoms with van der Waals surface area (Å²) >= 11 is 0. The largest absolute Gasteiger partial charge is 0.438 e. The first-order valence-corrected chi connectivity index (χ1v) is 10.5. The van der Waals surface area contributed by atoms with E-state index in [2.05, 4.69) is 5.32 Å². The van der Waals surface area contributed by atoms with E-state index in [1.54, 1.807) is 0 Å². The zero-order valence-corrected chi connectivity index (χ0v) is 20.1. The quantitative estimate of drug-likeness (QED) is 0.169. The van der Waals surface area contributed by atoms with Crippen molar-refractivity contribution in [2.45, 2.75) is 70.9 Å². The molecule has 0 rings (SSSR count). The minimum Gasteiger partial charge on any atom is -0.323 e. The lowest BCUT2D eigenvalue weighted by atomic mass is 9.85. The van der Waals surface area contributed by atoms with Crippen LogP contribution in [0.2, 0.25) is 0 Å². The van der Waals surface area contributed by atoms with Crippen molar-refractivity contribution >= 4 is 10.1 Å². The molecule has 0 fully saturated rings. The maximum Gasteiger partial charge on any atom is 0.438 e. The third-order valence-electron chi connectivity index (χ3n) is 4.54. The van der Waals surface area contributed by atoms with Crippen molar-refractivity contribution in [2.75, 3.05) is 14.1 Å². The third-order valence-corrected chi connectivity index (χ3v) is 5.44. The van der Waals surface area contributed by atoms with Gasteiger partial charge in [-0.1, -0.05) is 0 Å². The summed E-state index contributed by atoms with van der Waals surface area (Å²) in [7, 11) is -4.45. The van der Waals surface area contributed by atoms with Crippen LogP contribution >= 0.6 is 0 Å². The Labute approximate surface area is 220 Å². The molecule has 0 aromatic carbocycles. The SMILES string of the molecule is CNC.O=S(=O)(O)C(F)(F)C(F)(F)C(F)(F)C(F)(F)C(F)(F)C(F)(F)C(F)(F)C(F)(F)C(F)(F)C(F)(F)C(F)(F)C(F)F. The maximum atomic E-state index is 13.5. The van der Waals surface area contributed by atoms with Crippen LogP contribution in [0.5, 0.6) is 0 Å². The van der Waals surface area contributed by atoms with Gasteiger partial charge in [0.05, 0.1) is 0 Å². The van der Waals surface area contributed by atoms with Gasteiger partial charge in [0.15, 0.2) is 0 Å². The van der Waals surface area contributed by atoms with Crippen molar-refractivity contribution in [3.8, 4) is 0 Å². The topological polar surface area (TPSA) is 66.4 Å². The number of nitrogens with one attached hydrogen (secondary N) is 1. The molecule has 0 unspecified atom stereocenters. The lowest BCUT2D eigenvalue weighted by Crippen LogP contribution is -2.78. The predicted octanol–water partition coefficient (Wildman–Crippen LogP) is 6.92. The molecule has 0 aromatic heterocycles. The summed E-state index contributed by atoms with van der Waals surface area (Å²) in [6.07, 6.45) is -6.31. The number of hydrogen-bond acceptors (Lipinski definition) is 3. The van der Waals surface area contributed by atoms with Crippen LogP contribution < -0.4 is 5.32 Å². The van der Waals surface area contributed by atoms with Gasteiger partial charge in [-0.25, -0.2) is 8.78 Å². The van der Waals surface area contributed by atoms with Gasteiger partial charge in [-0.2, -0.15) is 105 Å². The highest BCUT2D eigenvalue weighted by molar-refractivity contribution is 7.87. The van der Waals surface area contributed by atoms with Crippen LogP contribution in [0.3, 0.4) is 0 Å². The molecule has 4 nitrogen and oxygen atoms in total. The Hall–Kier alpha value is -1.81. The average Bonchev–Trinajstić information content (AvgIpc) is 2.77. The van der Waals surface area contributed by atoms with Crippen LogP contribution in [0.4, 0.5) is 105 Å². The van der Waals surface area contributed by atoms with Gasteiger partial charge in [0.2, 0.25) is 0 Å². The zero-order valence-electron chi connectivity index (χ0n) is 19.3. The summed E-state index contributed by atoms with van der Waals surface area (Å²) in [6.45, 7) is 0. The summed E-state index contributed by atoms with van der Waals surface area (Å²) in [5.41, 5.74) is 0. The molecule has 0 aliphatic heterocycles. The van der Waals surface area contributed by atoms with Gasteiger partial charge in [0.1, 0.15) is 0 Å². The Morgan fingerprint density at radius 3 is 0.767 bits per heavy atom. The lowest BCUT2D eigenvalue weighted by molar-refractivity contribution is -0.474. The van der Waals surface area contributed by atoms with E-state index in [-0.39, 0.29) is 0 Å². The number of halogens is 24. The summed E-state index contributed by atoms with van der Waals surface area (Å²) in [5.74, 6) is -91.9. The fourth-order valence-electron chi connectivity index (χ4n) is 2.07. The molecule has 2 N–H and O–H groups in total. The van der Waals surface area contributed by atoms with Crippen LogP contribution in [-0.4, -0.2) is 98.0 Å². The summed E-state index contributed by atoms with van der Waals surface area (Å²) in [6, 6.07) is 0. The molecule has 0 aliphatic carbocycles. The normalized spacial score (nSPS) is 16.3. The van der Waals surface area contributed by atoms with E-state index in [0.717, 1.165) is 0 Å². The monoisotopic (exact) mass is 727 g/mol. The fraction of sp³-hybridized carbons (Fsp3) is 1.00. The molecule has 0 amide bonds.